The van der Waals surface area contributed by atoms with Gasteiger partial charge in [-0.1, -0.05) is 27.2 Å². The van der Waals surface area contributed by atoms with Gasteiger partial charge in [0.1, 0.15) is 0 Å². The van der Waals surface area contributed by atoms with Gasteiger partial charge in [0.15, 0.2) is 18.1 Å². The Kier molecular flexibility index (Phi) is 7.18. The summed E-state index contributed by atoms with van der Waals surface area (Å²) in [6.45, 7) is 5.27. The lowest BCUT2D eigenvalue weighted by Gasteiger charge is -2.09. The van der Waals surface area contributed by atoms with Crippen LogP contribution in [-0.4, -0.2) is 29.9 Å². The second-order valence-corrected chi connectivity index (χ2v) is 5.32. The molecule has 0 aromatic heterocycles. The first-order valence-corrected chi connectivity index (χ1v) is 7.47. The summed E-state index contributed by atoms with van der Waals surface area (Å²) in [6, 6.07) is 3.94. The Morgan fingerprint density at radius 3 is 2.57 bits per heavy atom. The number of unbranched alkanes of at least 4 members (excludes halogenated alkanes) is 1. The molecular formula is C16H21NO6. The predicted octanol–water partition coefficient (Wildman–Crippen LogP) is 3.16. The zero-order chi connectivity index (χ0) is 17.4. The van der Waals surface area contributed by atoms with Crippen molar-refractivity contribution in [3.8, 4) is 5.75 Å². The molecule has 0 N–H and O–H groups in total. The molecule has 0 saturated heterocycles. The van der Waals surface area contributed by atoms with E-state index >= 15 is 0 Å². The number of ether oxygens (including phenoxy) is 2. The highest BCUT2D eigenvalue weighted by atomic mass is 16.6. The Hall–Kier alpha value is -2.44. The number of rotatable bonds is 9. The highest BCUT2D eigenvalue weighted by Gasteiger charge is 2.21. The zero-order valence-electron chi connectivity index (χ0n) is 13.5. The van der Waals surface area contributed by atoms with Crippen LogP contribution in [-0.2, 0) is 9.53 Å². The molecule has 0 aliphatic carbocycles. The number of hydrogen-bond acceptors (Lipinski definition) is 6. The maximum absolute atomic E-state index is 11.9. The molecule has 0 bridgehead atoms. The van der Waals surface area contributed by atoms with Crippen LogP contribution < -0.4 is 4.74 Å². The van der Waals surface area contributed by atoms with E-state index in [0.717, 1.165) is 12.8 Å². The van der Waals surface area contributed by atoms with Gasteiger partial charge in [0.05, 0.1) is 11.5 Å². The molecule has 0 atom stereocenters. The fourth-order valence-corrected chi connectivity index (χ4v) is 1.78. The number of esters is 1. The molecule has 0 radical (unpaired) electrons. The molecule has 1 aromatic rings. The molecule has 23 heavy (non-hydrogen) atoms. The molecule has 126 valence electrons. The predicted molar refractivity (Wildman–Crippen MR) is 83.6 cm³/mol. The maximum Gasteiger partial charge on any atom is 0.344 e. The minimum atomic E-state index is -0.644. The third-order valence-electron chi connectivity index (χ3n) is 3.07. The van der Waals surface area contributed by atoms with Gasteiger partial charge < -0.3 is 9.47 Å². The quantitative estimate of drug-likeness (QED) is 0.228. The third kappa shape index (κ3) is 5.69. The first-order valence-electron chi connectivity index (χ1n) is 7.47. The van der Waals surface area contributed by atoms with Crippen molar-refractivity contribution < 1.29 is 24.0 Å². The van der Waals surface area contributed by atoms with Crippen molar-refractivity contribution in [2.75, 3.05) is 13.2 Å². The van der Waals surface area contributed by atoms with E-state index in [1.807, 2.05) is 6.92 Å². The smallest absolute Gasteiger partial charge is 0.344 e. The highest BCUT2D eigenvalue weighted by Crippen LogP contribution is 2.29. The SMILES string of the molecule is CCCCOC(=O)COc1ccc(C(=O)C(C)C)cc1[N+](=O)[O-]. The van der Waals surface area contributed by atoms with Crippen LogP contribution in [0.3, 0.4) is 0 Å². The van der Waals surface area contributed by atoms with Crippen LogP contribution in [0, 0.1) is 16.0 Å². The second-order valence-electron chi connectivity index (χ2n) is 5.32. The van der Waals surface area contributed by atoms with E-state index in [2.05, 4.69) is 0 Å². The van der Waals surface area contributed by atoms with Gasteiger partial charge in [-0.3, -0.25) is 14.9 Å². The van der Waals surface area contributed by atoms with Gasteiger partial charge in [0.25, 0.3) is 0 Å². The molecule has 0 heterocycles. The Morgan fingerprint density at radius 2 is 2.00 bits per heavy atom. The number of nitro benzene ring substituents is 1. The van der Waals surface area contributed by atoms with Crippen molar-refractivity contribution in [2.45, 2.75) is 33.6 Å². The van der Waals surface area contributed by atoms with Crippen LogP contribution in [0.5, 0.6) is 5.75 Å². The summed E-state index contributed by atoms with van der Waals surface area (Å²) in [5, 5.41) is 11.1. The normalized spacial score (nSPS) is 10.4. The monoisotopic (exact) mass is 323 g/mol. The topological polar surface area (TPSA) is 95.7 Å². The zero-order valence-corrected chi connectivity index (χ0v) is 13.5. The summed E-state index contributed by atoms with van der Waals surface area (Å²) in [5.41, 5.74) is -0.109. The number of Topliss-reactive ketones (excluding diaryl/α,β-unsaturated/α-hetero) is 1. The minimum Gasteiger partial charge on any atom is -0.475 e. The van der Waals surface area contributed by atoms with Crippen LogP contribution in [0.25, 0.3) is 0 Å². The molecular weight excluding hydrogens is 302 g/mol. The fourth-order valence-electron chi connectivity index (χ4n) is 1.78. The third-order valence-corrected chi connectivity index (χ3v) is 3.07. The van der Waals surface area contributed by atoms with Crippen LogP contribution in [0.2, 0.25) is 0 Å². The van der Waals surface area contributed by atoms with Gasteiger partial charge in [-0.05, 0) is 18.6 Å². The molecule has 0 saturated carbocycles. The van der Waals surface area contributed by atoms with Crippen molar-refractivity contribution >= 4 is 17.4 Å². The van der Waals surface area contributed by atoms with E-state index in [1.54, 1.807) is 13.8 Å². The lowest BCUT2D eigenvalue weighted by molar-refractivity contribution is -0.385. The first kappa shape index (κ1) is 18.6. The van der Waals surface area contributed by atoms with Crippen LogP contribution in [0.1, 0.15) is 44.0 Å². The van der Waals surface area contributed by atoms with Gasteiger partial charge >= 0.3 is 11.7 Å². The standard InChI is InChI=1S/C16H21NO6/c1-4-5-8-22-15(18)10-23-14-7-6-12(16(19)11(2)3)9-13(14)17(20)21/h6-7,9,11H,4-5,8,10H2,1-3H3. The Labute approximate surface area is 134 Å². The number of ketones is 1. The lowest BCUT2D eigenvalue weighted by Crippen LogP contribution is -2.16. The summed E-state index contributed by atoms with van der Waals surface area (Å²) in [4.78, 5) is 33.8. The number of nitro groups is 1. The van der Waals surface area contributed by atoms with Gasteiger partial charge in [-0.15, -0.1) is 0 Å². The number of benzene rings is 1. The molecule has 0 spiro atoms. The summed E-state index contributed by atoms with van der Waals surface area (Å²) >= 11 is 0. The molecule has 1 rings (SSSR count). The van der Waals surface area contributed by atoms with E-state index < -0.39 is 17.5 Å². The molecule has 0 aliphatic heterocycles. The van der Waals surface area contributed by atoms with E-state index in [1.165, 1.54) is 18.2 Å². The maximum atomic E-state index is 11.9. The minimum absolute atomic E-state index is 0.0669. The fraction of sp³-hybridized carbons (Fsp3) is 0.500. The van der Waals surface area contributed by atoms with Gasteiger partial charge in [-0.25, -0.2) is 4.79 Å². The van der Waals surface area contributed by atoms with Crippen LogP contribution >= 0.6 is 0 Å². The first-order chi connectivity index (χ1) is 10.9. The van der Waals surface area contributed by atoms with Crippen LogP contribution in [0.4, 0.5) is 5.69 Å². The highest BCUT2D eigenvalue weighted by molar-refractivity contribution is 5.98. The van der Waals surface area contributed by atoms with Crippen molar-refractivity contribution in [3.05, 3.63) is 33.9 Å². The summed E-state index contributed by atoms with van der Waals surface area (Å²) in [6.07, 6.45) is 1.64. The van der Waals surface area contributed by atoms with Gasteiger partial charge in [0, 0.05) is 17.5 Å². The molecule has 7 heteroatoms. The van der Waals surface area contributed by atoms with Gasteiger partial charge in [-0.2, -0.15) is 0 Å². The largest absolute Gasteiger partial charge is 0.475 e. The Balaban J connectivity index is 2.80. The molecule has 0 unspecified atom stereocenters. The van der Waals surface area contributed by atoms with Crippen molar-refractivity contribution in [1.82, 2.24) is 0 Å². The number of carbonyl (C=O) groups is 2. The number of nitrogens with zero attached hydrogens (tertiary/aromatic N) is 1. The Bertz CT molecular complexity index is 582. The number of carbonyl (C=O) groups excluding carboxylic acids is 2. The lowest BCUT2D eigenvalue weighted by atomic mass is 10.0. The van der Waals surface area contributed by atoms with Crippen molar-refractivity contribution in [1.29, 1.82) is 0 Å². The summed E-state index contributed by atoms with van der Waals surface area (Å²) in [5.74, 6) is -1.12. The molecule has 1 aromatic carbocycles. The van der Waals surface area contributed by atoms with E-state index in [4.69, 9.17) is 9.47 Å². The van der Waals surface area contributed by atoms with Gasteiger partial charge in [0.2, 0.25) is 0 Å². The van der Waals surface area contributed by atoms with E-state index in [-0.39, 0.29) is 28.7 Å². The number of hydrogen-bond donors (Lipinski definition) is 0. The average molecular weight is 323 g/mol. The van der Waals surface area contributed by atoms with E-state index in [9.17, 15) is 19.7 Å². The summed E-state index contributed by atoms with van der Waals surface area (Å²) in [7, 11) is 0. The second kappa shape index (κ2) is 8.87. The molecule has 0 fully saturated rings. The van der Waals surface area contributed by atoms with Crippen LogP contribution in [0.15, 0.2) is 18.2 Å². The van der Waals surface area contributed by atoms with Crippen molar-refractivity contribution in [3.63, 3.8) is 0 Å². The molecule has 7 nitrogen and oxygen atoms in total. The van der Waals surface area contributed by atoms with E-state index in [0.29, 0.717) is 6.61 Å². The average Bonchev–Trinajstić information content (AvgIpc) is 2.52. The summed E-state index contributed by atoms with van der Waals surface area (Å²) < 4.78 is 10.1. The van der Waals surface area contributed by atoms with Crippen molar-refractivity contribution in [2.24, 2.45) is 5.92 Å². The Morgan fingerprint density at radius 1 is 1.30 bits per heavy atom. The molecule has 0 aliphatic rings. The molecule has 0 amide bonds.